The monoisotopic (exact) mass is 321 g/mol. The van der Waals surface area contributed by atoms with E-state index in [9.17, 15) is 13.9 Å². The molecule has 0 amide bonds. The molecule has 7 heteroatoms. The van der Waals surface area contributed by atoms with Crippen molar-refractivity contribution >= 4 is 28.7 Å². The Kier molecular flexibility index (Phi) is 5.00. The molecule has 0 saturated carbocycles. The zero-order valence-corrected chi connectivity index (χ0v) is 12.4. The largest absolute Gasteiger partial charge is 0.507 e. The molecule has 0 aliphatic heterocycles. The molecule has 0 atom stereocenters. The van der Waals surface area contributed by atoms with Crippen LogP contribution >= 0.6 is 12.2 Å². The number of halogens is 2. The quantitative estimate of drug-likeness (QED) is 0.461. The third kappa shape index (κ3) is 4.23. The van der Waals surface area contributed by atoms with Crippen molar-refractivity contribution in [1.29, 1.82) is 0 Å². The number of thiocarbonyl (C=S) groups is 1. The Bertz CT molecular complexity index is 717. The molecule has 0 aliphatic carbocycles. The predicted octanol–water partition coefficient (Wildman–Crippen LogP) is 3.38. The molecule has 0 bridgehead atoms. The Hall–Kier alpha value is -2.54. The van der Waals surface area contributed by atoms with Crippen LogP contribution < -0.4 is 10.7 Å². The minimum Gasteiger partial charge on any atom is -0.507 e. The van der Waals surface area contributed by atoms with E-state index in [-0.39, 0.29) is 22.2 Å². The van der Waals surface area contributed by atoms with Crippen molar-refractivity contribution in [2.24, 2.45) is 5.10 Å². The van der Waals surface area contributed by atoms with Gasteiger partial charge < -0.3 is 10.4 Å². The first-order chi connectivity index (χ1) is 10.5. The van der Waals surface area contributed by atoms with Crippen LogP contribution in [0, 0.1) is 11.6 Å². The summed E-state index contributed by atoms with van der Waals surface area (Å²) in [7, 11) is 0. The van der Waals surface area contributed by atoms with E-state index < -0.39 is 5.82 Å². The fourth-order valence-corrected chi connectivity index (χ4v) is 1.85. The Morgan fingerprint density at radius 2 is 1.73 bits per heavy atom. The molecule has 0 aromatic heterocycles. The summed E-state index contributed by atoms with van der Waals surface area (Å²) < 4.78 is 26.0. The van der Waals surface area contributed by atoms with Crippen LogP contribution in [0.2, 0.25) is 0 Å². The van der Waals surface area contributed by atoms with E-state index in [1.165, 1.54) is 36.4 Å². The van der Waals surface area contributed by atoms with Gasteiger partial charge in [-0.3, -0.25) is 5.43 Å². The molecule has 0 spiro atoms. The van der Waals surface area contributed by atoms with Gasteiger partial charge >= 0.3 is 0 Å². The molecule has 3 N–H and O–H groups in total. The van der Waals surface area contributed by atoms with Crippen LogP contribution in [0.4, 0.5) is 14.5 Å². The molecule has 0 heterocycles. The maximum Gasteiger partial charge on any atom is 0.191 e. The lowest BCUT2D eigenvalue weighted by Crippen LogP contribution is -2.25. The van der Waals surface area contributed by atoms with E-state index in [0.717, 1.165) is 6.07 Å². The number of nitrogens with one attached hydrogen (secondary N) is 2. The minimum atomic E-state index is -0.477. The number of phenolic OH excluding ortho intramolecular Hbond substituents is 1. The van der Waals surface area contributed by atoms with Crippen molar-refractivity contribution < 1.29 is 13.9 Å². The average molecular weight is 321 g/mol. The molecular formula is C15H13F2N3OS. The SMILES string of the molecule is C/C(=N\NC(=S)Nc1ccc(F)cc1)c1cc(F)ccc1O. The van der Waals surface area contributed by atoms with E-state index in [4.69, 9.17) is 12.2 Å². The molecule has 22 heavy (non-hydrogen) atoms. The van der Waals surface area contributed by atoms with Crippen molar-refractivity contribution in [3.8, 4) is 5.75 Å². The summed E-state index contributed by atoms with van der Waals surface area (Å²) >= 11 is 5.04. The van der Waals surface area contributed by atoms with E-state index >= 15 is 0 Å². The fourth-order valence-electron chi connectivity index (χ4n) is 1.69. The highest BCUT2D eigenvalue weighted by molar-refractivity contribution is 7.80. The number of nitrogens with zero attached hydrogens (tertiary/aromatic N) is 1. The molecule has 2 aromatic carbocycles. The standard InChI is InChI=1S/C15H13F2N3OS/c1-9(13-8-11(17)4-7-14(13)21)19-20-15(22)18-12-5-2-10(16)3-6-12/h2-8,21H,1H3,(H2,18,20,22)/b19-9+. The summed E-state index contributed by atoms with van der Waals surface area (Å²) in [6.45, 7) is 1.60. The van der Waals surface area contributed by atoms with E-state index in [1.54, 1.807) is 6.92 Å². The van der Waals surface area contributed by atoms with Crippen molar-refractivity contribution in [3.63, 3.8) is 0 Å². The minimum absolute atomic E-state index is 0.0816. The second-order valence-electron chi connectivity index (χ2n) is 4.43. The Morgan fingerprint density at radius 3 is 2.41 bits per heavy atom. The van der Waals surface area contributed by atoms with Gasteiger partial charge in [0.25, 0.3) is 0 Å². The average Bonchev–Trinajstić information content (AvgIpc) is 2.49. The highest BCUT2D eigenvalue weighted by atomic mass is 32.1. The first-order valence-corrected chi connectivity index (χ1v) is 6.72. The smallest absolute Gasteiger partial charge is 0.191 e. The van der Waals surface area contributed by atoms with Crippen LogP contribution in [0.5, 0.6) is 5.75 Å². The van der Waals surface area contributed by atoms with Gasteiger partial charge in [-0.2, -0.15) is 5.10 Å². The molecule has 0 aliphatic rings. The Balaban J connectivity index is 2.02. The first kappa shape index (κ1) is 15.8. The molecule has 4 nitrogen and oxygen atoms in total. The van der Waals surface area contributed by atoms with Crippen molar-refractivity contribution in [3.05, 3.63) is 59.7 Å². The maximum absolute atomic E-state index is 13.2. The summed E-state index contributed by atoms with van der Waals surface area (Å²) in [5.74, 6) is -0.906. The van der Waals surface area contributed by atoms with Crippen LogP contribution in [0.15, 0.2) is 47.6 Å². The predicted molar refractivity (Wildman–Crippen MR) is 86.0 cm³/mol. The van der Waals surface area contributed by atoms with Crippen LogP contribution in [0.3, 0.4) is 0 Å². The van der Waals surface area contributed by atoms with Gasteiger partial charge in [-0.05, 0) is 61.6 Å². The molecule has 2 aromatic rings. The zero-order valence-electron chi connectivity index (χ0n) is 11.6. The molecule has 114 valence electrons. The van der Waals surface area contributed by atoms with Crippen LogP contribution in [0.25, 0.3) is 0 Å². The van der Waals surface area contributed by atoms with Gasteiger partial charge in [0.2, 0.25) is 0 Å². The number of hydrogen-bond acceptors (Lipinski definition) is 3. The van der Waals surface area contributed by atoms with Gasteiger partial charge in [-0.1, -0.05) is 0 Å². The summed E-state index contributed by atoms with van der Waals surface area (Å²) in [4.78, 5) is 0. The van der Waals surface area contributed by atoms with Crippen LogP contribution in [-0.4, -0.2) is 15.9 Å². The van der Waals surface area contributed by atoms with Gasteiger partial charge in [0, 0.05) is 11.3 Å². The zero-order chi connectivity index (χ0) is 16.1. The van der Waals surface area contributed by atoms with Crippen molar-refractivity contribution in [2.75, 3.05) is 5.32 Å². The second kappa shape index (κ2) is 6.95. The highest BCUT2D eigenvalue weighted by Gasteiger charge is 2.06. The van der Waals surface area contributed by atoms with Gasteiger partial charge in [0.1, 0.15) is 17.4 Å². The van der Waals surface area contributed by atoms with E-state index in [1.807, 2.05) is 0 Å². The number of anilines is 1. The number of hydrazone groups is 1. The number of hydrogen-bond donors (Lipinski definition) is 3. The topological polar surface area (TPSA) is 56.7 Å². The van der Waals surface area contributed by atoms with E-state index in [0.29, 0.717) is 11.4 Å². The summed E-state index contributed by atoms with van der Waals surface area (Å²) in [6.07, 6.45) is 0. The number of rotatable bonds is 3. The Labute approximate surface area is 131 Å². The van der Waals surface area contributed by atoms with Crippen LogP contribution in [0.1, 0.15) is 12.5 Å². The highest BCUT2D eigenvalue weighted by Crippen LogP contribution is 2.18. The molecule has 0 saturated heterocycles. The van der Waals surface area contributed by atoms with E-state index in [2.05, 4.69) is 15.8 Å². The summed E-state index contributed by atoms with van der Waals surface area (Å²) in [5.41, 5.74) is 3.79. The van der Waals surface area contributed by atoms with Crippen LogP contribution in [-0.2, 0) is 0 Å². The van der Waals surface area contributed by atoms with Gasteiger partial charge in [0.05, 0.1) is 5.71 Å². The Morgan fingerprint density at radius 1 is 1.09 bits per heavy atom. The lowest BCUT2D eigenvalue weighted by atomic mass is 10.1. The third-order valence-electron chi connectivity index (χ3n) is 2.78. The van der Waals surface area contributed by atoms with Crippen molar-refractivity contribution in [2.45, 2.75) is 6.92 Å². The van der Waals surface area contributed by atoms with Crippen molar-refractivity contribution in [1.82, 2.24) is 5.43 Å². The number of aromatic hydroxyl groups is 1. The molecule has 0 unspecified atom stereocenters. The van der Waals surface area contributed by atoms with Gasteiger partial charge in [-0.15, -0.1) is 0 Å². The number of phenols is 1. The molecule has 0 fully saturated rings. The normalized spacial score (nSPS) is 11.1. The maximum atomic E-state index is 13.2. The molecule has 2 rings (SSSR count). The molecular weight excluding hydrogens is 308 g/mol. The number of benzene rings is 2. The fraction of sp³-hybridized carbons (Fsp3) is 0.0667. The van der Waals surface area contributed by atoms with Gasteiger partial charge in [0.15, 0.2) is 5.11 Å². The summed E-state index contributed by atoms with van der Waals surface area (Å²) in [6, 6.07) is 9.22. The second-order valence-corrected chi connectivity index (χ2v) is 4.84. The summed E-state index contributed by atoms with van der Waals surface area (Å²) in [5, 5.41) is 16.6. The lowest BCUT2D eigenvalue weighted by Gasteiger charge is -2.08. The third-order valence-corrected chi connectivity index (χ3v) is 2.97. The lowest BCUT2D eigenvalue weighted by molar-refractivity contribution is 0.472. The van der Waals surface area contributed by atoms with Gasteiger partial charge in [-0.25, -0.2) is 8.78 Å². The first-order valence-electron chi connectivity index (χ1n) is 6.31. The molecule has 0 radical (unpaired) electrons.